The standard InChI is InChI=1S/C21H15BrFN3O4S/c22-14-7-8-19(18(23)10-14)25-20(27)12-31-17-6-2-4-15(11-17)24-21(28)13-3-1-5-16(9-13)26(29)30/h1-11H,12H2,(H,24,28)(H,25,27). The summed E-state index contributed by atoms with van der Waals surface area (Å²) in [6.07, 6.45) is 0. The Morgan fingerprint density at radius 2 is 1.81 bits per heavy atom. The molecule has 0 bridgehead atoms. The molecule has 2 N–H and O–H groups in total. The van der Waals surface area contributed by atoms with Crippen LogP contribution in [-0.2, 0) is 4.79 Å². The van der Waals surface area contributed by atoms with Crippen LogP contribution in [0.1, 0.15) is 10.4 Å². The number of carbonyl (C=O) groups excluding carboxylic acids is 2. The average Bonchev–Trinajstić information content (AvgIpc) is 2.74. The Morgan fingerprint density at radius 1 is 1.03 bits per heavy atom. The number of nitro benzene ring substituents is 1. The average molecular weight is 504 g/mol. The molecule has 158 valence electrons. The third kappa shape index (κ3) is 6.37. The van der Waals surface area contributed by atoms with Crippen LogP contribution in [0.4, 0.5) is 21.5 Å². The lowest BCUT2D eigenvalue weighted by Crippen LogP contribution is -2.15. The summed E-state index contributed by atoms with van der Waals surface area (Å²) in [5.41, 5.74) is 0.543. The predicted octanol–water partition coefficient (Wildman–Crippen LogP) is 5.48. The molecule has 3 rings (SSSR count). The molecule has 0 saturated heterocycles. The Morgan fingerprint density at radius 3 is 2.55 bits per heavy atom. The van der Waals surface area contributed by atoms with Gasteiger partial charge in [-0.05, 0) is 42.5 Å². The number of thioether (sulfide) groups is 1. The van der Waals surface area contributed by atoms with Crippen LogP contribution >= 0.6 is 27.7 Å². The van der Waals surface area contributed by atoms with Gasteiger partial charge in [0.2, 0.25) is 5.91 Å². The molecule has 3 aromatic rings. The summed E-state index contributed by atoms with van der Waals surface area (Å²) in [5, 5.41) is 16.1. The van der Waals surface area contributed by atoms with Crippen LogP contribution < -0.4 is 10.6 Å². The van der Waals surface area contributed by atoms with Gasteiger partial charge in [0.15, 0.2) is 0 Å². The van der Waals surface area contributed by atoms with Crippen molar-refractivity contribution in [3.63, 3.8) is 0 Å². The zero-order valence-corrected chi connectivity index (χ0v) is 18.2. The van der Waals surface area contributed by atoms with Crippen LogP contribution in [0.15, 0.2) is 76.1 Å². The van der Waals surface area contributed by atoms with Crippen molar-refractivity contribution in [3.8, 4) is 0 Å². The number of nitrogens with one attached hydrogen (secondary N) is 2. The van der Waals surface area contributed by atoms with Crippen LogP contribution in [-0.4, -0.2) is 22.5 Å². The number of nitro groups is 1. The van der Waals surface area contributed by atoms with Crippen LogP contribution in [0.2, 0.25) is 0 Å². The van der Waals surface area contributed by atoms with Gasteiger partial charge in [0, 0.05) is 32.8 Å². The van der Waals surface area contributed by atoms with Crippen molar-refractivity contribution in [2.24, 2.45) is 0 Å². The van der Waals surface area contributed by atoms with Gasteiger partial charge in [0.25, 0.3) is 11.6 Å². The molecule has 0 aliphatic heterocycles. The van der Waals surface area contributed by atoms with Crippen molar-refractivity contribution in [2.45, 2.75) is 4.90 Å². The second-order valence-corrected chi connectivity index (χ2v) is 8.21. The number of halogens is 2. The fourth-order valence-corrected chi connectivity index (χ4v) is 3.64. The largest absolute Gasteiger partial charge is 0.323 e. The molecule has 0 aromatic heterocycles. The first-order valence-electron chi connectivity index (χ1n) is 8.85. The van der Waals surface area contributed by atoms with E-state index >= 15 is 0 Å². The maximum Gasteiger partial charge on any atom is 0.270 e. The first-order chi connectivity index (χ1) is 14.8. The number of non-ortho nitro benzene ring substituents is 1. The fourth-order valence-electron chi connectivity index (χ4n) is 2.55. The van der Waals surface area contributed by atoms with Crippen molar-refractivity contribution >= 4 is 56.6 Å². The highest BCUT2D eigenvalue weighted by Crippen LogP contribution is 2.24. The maximum absolute atomic E-state index is 13.8. The number of hydrogen-bond acceptors (Lipinski definition) is 5. The Kier molecular flexibility index (Phi) is 7.37. The van der Waals surface area contributed by atoms with E-state index in [1.807, 2.05) is 0 Å². The van der Waals surface area contributed by atoms with Gasteiger partial charge in [-0.1, -0.05) is 28.1 Å². The summed E-state index contributed by atoms with van der Waals surface area (Å²) in [7, 11) is 0. The van der Waals surface area contributed by atoms with Gasteiger partial charge in [-0.2, -0.15) is 0 Å². The molecule has 0 spiro atoms. The number of nitrogens with zero attached hydrogens (tertiary/aromatic N) is 1. The number of anilines is 2. The lowest BCUT2D eigenvalue weighted by atomic mass is 10.2. The Labute approximate surface area is 189 Å². The number of rotatable bonds is 7. The Hall–Kier alpha value is -3.24. The third-order valence-corrected chi connectivity index (χ3v) is 5.47. The number of amides is 2. The van der Waals surface area contributed by atoms with E-state index in [0.29, 0.717) is 15.1 Å². The SMILES string of the molecule is O=C(CSc1cccc(NC(=O)c2cccc([N+](=O)[O-])c2)c1)Nc1ccc(Br)cc1F. The fraction of sp³-hybridized carbons (Fsp3) is 0.0476. The highest BCUT2D eigenvalue weighted by Gasteiger charge is 2.12. The minimum absolute atomic E-state index is 0.0395. The number of benzene rings is 3. The van der Waals surface area contributed by atoms with Gasteiger partial charge in [-0.25, -0.2) is 4.39 Å². The van der Waals surface area contributed by atoms with Crippen molar-refractivity contribution < 1.29 is 18.9 Å². The minimum Gasteiger partial charge on any atom is -0.323 e. The third-order valence-electron chi connectivity index (χ3n) is 3.99. The molecule has 0 radical (unpaired) electrons. The molecule has 0 fully saturated rings. The van der Waals surface area contributed by atoms with E-state index in [1.165, 1.54) is 48.2 Å². The topological polar surface area (TPSA) is 101 Å². The van der Waals surface area contributed by atoms with E-state index < -0.39 is 16.6 Å². The normalized spacial score (nSPS) is 10.4. The van der Waals surface area contributed by atoms with Crippen molar-refractivity contribution in [2.75, 3.05) is 16.4 Å². The highest BCUT2D eigenvalue weighted by molar-refractivity contribution is 9.10. The van der Waals surface area contributed by atoms with Gasteiger partial charge >= 0.3 is 0 Å². The smallest absolute Gasteiger partial charge is 0.270 e. The van der Waals surface area contributed by atoms with Gasteiger partial charge in [-0.3, -0.25) is 19.7 Å². The van der Waals surface area contributed by atoms with Crippen LogP contribution in [0.25, 0.3) is 0 Å². The molecule has 10 heteroatoms. The first-order valence-corrected chi connectivity index (χ1v) is 10.6. The Balaban J connectivity index is 1.60. The van der Waals surface area contributed by atoms with E-state index in [4.69, 9.17) is 0 Å². The Bertz CT molecular complexity index is 1160. The van der Waals surface area contributed by atoms with Gasteiger partial charge in [-0.15, -0.1) is 11.8 Å². The molecular formula is C21H15BrFN3O4S. The molecule has 7 nitrogen and oxygen atoms in total. The van der Waals surface area contributed by atoms with Gasteiger partial charge < -0.3 is 10.6 Å². The predicted molar refractivity (Wildman–Crippen MR) is 121 cm³/mol. The quantitative estimate of drug-likeness (QED) is 0.252. The van der Waals surface area contributed by atoms with E-state index in [1.54, 1.807) is 30.3 Å². The summed E-state index contributed by atoms with van der Waals surface area (Å²) >= 11 is 4.37. The van der Waals surface area contributed by atoms with Crippen LogP contribution in [0.5, 0.6) is 0 Å². The molecular weight excluding hydrogens is 489 g/mol. The number of carbonyl (C=O) groups is 2. The molecule has 0 heterocycles. The van der Waals surface area contributed by atoms with Crippen LogP contribution in [0, 0.1) is 15.9 Å². The van der Waals surface area contributed by atoms with Crippen molar-refractivity contribution in [3.05, 3.63) is 92.7 Å². The molecule has 0 saturated carbocycles. The monoisotopic (exact) mass is 503 g/mol. The summed E-state index contributed by atoms with van der Waals surface area (Å²) < 4.78 is 14.4. The maximum atomic E-state index is 13.8. The summed E-state index contributed by atoms with van der Waals surface area (Å²) in [5.74, 6) is -1.37. The molecule has 2 amide bonds. The molecule has 31 heavy (non-hydrogen) atoms. The lowest BCUT2D eigenvalue weighted by Gasteiger charge is -2.09. The van der Waals surface area contributed by atoms with Crippen molar-refractivity contribution in [1.29, 1.82) is 0 Å². The van der Waals surface area contributed by atoms with E-state index in [0.717, 1.165) is 0 Å². The molecule has 0 unspecified atom stereocenters. The zero-order valence-electron chi connectivity index (χ0n) is 15.8. The van der Waals surface area contributed by atoms with Gasteiger partial charge in [0.1, 0.15) is 5.82 Å². The second-order valence-electron chi connectivity index (χ2n) is 6.25. The molecule has 3 aromatic carbocycles. The van der Waals surface area contributed by atoms with E-state index in [9.17, 15) is 24.1 Å². The first kappa shape index (κ1) is 22.4. The summed E-state index contributed by atoms with van der Waals surface area (Å²) in [6.45, 7) is 0. The highest BCUT2D eigenvalue weighted by atomic mass is 79.9. The second kappa shape index (κ2) is 10.2. The molecule has 0 atom stereocenters. The van der Waals surface area contributed by atoms with E-state index in [-0.39, 0.29) is 28.6 Å². The molecule has 0 aliphatic rings. The number of hydrogen-bond donors (Lipinski definition) is 2. The lowest BCUT2D eigenvalue weighted by molar-refractivity contribution is -0.384. The molecule has 0 aliphatic carbocycles. The van der Waals surface area contributed by atoms with Crippen LogP contribution in [0.3, 0.4) is 0 Å². The summed E-state index contributed by atoms with van der Waals surface area (Å²) in [4.78, 5) is 35.5. The zero-order chi connectivity index (χ0) is 22.4. The van der Waals surface area contributed by atoms with Gasteiger partial charge in [0.05, 0.1) is 16.4 Å². The van der Waals surface area contributed by atoms with Crippen molar-refractivity contribution in [1.82, 2.24) is 0 Å². The summed E-state index contributed by atoms with van der Waals surface area (Å²) in [6, 6.07) is 16.6. The minimum atomic E-state index is -0.570. The van der Waals surface area contributed by atoms with E-state index in [2.05, 4.69) is 26.6 Å².